The molecule has 178 valence electrons. The minimum Gasteiger partial charge on any atom is -0.481 e. The van der Waals surface area contributed by atoms with Crippen molar-refractivity contribution in [1.82, 2.24) is 0 Å². The van der Waals surface area contributed by atoms with Gasteiger partial charge in [-0.2, -0.15) is 0 Å². The molecular formula is C33H22O4. The molecule has 4 nitrogen and oxygen atoms in total. The van der Waals surface area contributed by atoms with Crippen molar-refractivity contribution in [1.29, 1.82) is 0 Å². The normalized spacial score (nSPS) is 20.1. The van der Waals surface area contributed by atoms with Crippen molar-refractivity contribution in [3.05, 3.63) is 107 Å². The number of carboxylic acid groups (broad SMARTS) is 2. The van der Waals surface area contributed by atoms with Crippen molar-refractivity contribution in [3.63, 3.8) is 0 Å². The van der Waals surface area contributed by atoms with Gasteiger partial charge in [-0.1, -0.05) is 97.4 Å². The van der Waals surface area contributed by atoms with Gasteiger partial charge in [0.15, 0.2) is 0 Å². The van der Waals surface area contributed by atoms with Gasteiger partial charge < -0.3 is 10.2 Å². The fourth-order valence-corrected chi connectivity index (χ4v) is 4.59. The van der Waals surface area contributed by atoms with E-state index < -0.39 is 17.9 Å². The van der Waals surface area contributed by atoms with E-state index in [1.165, 1.54) is 0 Å². The molecule has 2 aliphatic rings. The summed E-state index contributed by atoms with van der Waals surface area (Å²) in [6, 6.07) is 18.0. The van der Waals surface area contributed by atoms with E-state index in [-0.39, 0.29) is 17.4 Å². The van der Waals surface area contributed by atoms with Gasteiger partial charge in [-0.15, -0.1) is 0 Å². The lowest BCUT2D eigenvalue weighted by Gasteiger charge is -2.16. The van der Waals surface area contributed by atoms with Gasteiger partial charge in [0.1, 0.15) is 0 Å². The monoisotopic (exact) mass is 482 g/mol. The quantitative estimate of drug-likeness (QED) is 0.459. The van der Waals surface area contributed by atoms with Gasteiger partial charge in [0.2, 0.25) is 0 Å². The maximum Gasteiger partial charge on any atom is 0.335 e. The molecule has 0 bridgehead atoms. The Hall–Kier alpha value is -4.98. The summed E-state index contributed by atoms with van der Waals surface area (Å²) < 4.78 is 0. The first kappa shape index (κ1) is 23.7. The third kappa shape index (κ3) is 4.77. The Bertz CT molecular complexity index is 1640. The van der Waals surface area contributed by atoms with Crippen molar-refractivity contribution < 1.29 is 19.8 Å². The minimum absolute atomic E-state index is 0.0243. The van der Waals surface area contributed by atoms with Crippen LogP contribution in [0.4, 0.5) is 0 Å². The van der Waals surface area contributed by atoms with Gasteiger partial charge in [0.25, 0.3) is 0 Å². The third-order valence-electron chi connectivity index (χ3n) is 6.64. The van der Waals surface area contributed by atoms with Crippen LogP contribution in [0.3, 0.4) is 0 Å². The van der Waals surface area contributed by atoms with Crippen LogP contribution >= 0.6 is 0 Å². The first-order chi connectivity index (χ1) is 17.9. The number of carboxylic acids is 2. The van der Waals surface area contributed by atoms with Gasteiger partial charge in [-0.3, -0.25) is 4.79 Å². The standard InChI is InChI=1S/C33H22O4/c1-21-20-25(33(36)37)16-15-23(21)17-19-31-28-8-4-2-6-26(28)30(27-7-3-5-9-29(27)31)18-12-22-10-13-24(14-11-22)32(34)35/h2,4-6,8-11,13,15-16,20-21,23-24H,14H2,1H3,(H,34,35)(H,36,37)/t21-,23?,24?/m1/s1. The maximum absolute atomic E-state index is 11.3. The zero-order valence-corrected chi connectivity index (χ0v) is 20.1. The zero-order valence-electron chi connectivity index (χ0n) is 20.1. The smallest absolute Gasteiger partial charge is 0.335 e. The average molecular weight is 483 g/mol. The number of carbonyl (C=O) groups is 2. The number of hydrogen-bond acceptors (Lipinski definition) is 2. The molecule has 0 amide bonds. The first-order valence-corrected chi connectivity index (χ1v) is 12.0. The van der Waals surface area contributed by atoms with Crippen LogP contribution in [-0.4, -0.2) is 22.2 Å². The molecule has 5 rings (SSSR count). The van der Waals surface area contributed by atoms with Crippen LogP contribution in [0.15, 0.2) is 84.0 Å². The van der Waals surface area contributed by atoms with Gasteiger partial charge in [-0.05, 0) is 41.3 Å². The molecule has 3 aromatic carbocycles. The molecule has 0 aromatic heterocycles. The van der Waals surface area contributed by atoms with Crippen LogP contribution in [-0.2, 0) is 9.59 Å². The Morgan fingerprint density at radius 2 is 1.73 bits per heavy atom. The molecule has 0 saturated carbocycles. The summed E-state index contributed by atoms with van der Waals surface area (Å²) in [6.45, 7) is 1.97. The molecule has 37 heavy (non-hydrogen) atoms. The van der Waals surface area contributed by atoms with Crippen molar-refractivity contribution >= 4 is 33.5 Å². The highest BCUT2D eigenvalue weighted by molar-refractivity contribution is 6.09. The lowest BCUT2D eigenvalue weighted by atomic mass is 9.86. The summed E-state index contributed by atoms with van der Waals surface area (Å²) >= 11 is 0. The fraction of sp³-hybridized carbons (Fsp3) is 0.152. The summed E-state index contributed by atoms with van der Waals surface area (Å²) in [5.41, 5.74) is 2.76. The number of rotatable bonds is 2. The number of benzene rings is 2. The second-order valence-corrected chi connectivity index (χ2v) is 9.08. The Morgan fingerprint density at radius 1 is 0.946 bits per heavy atom. The summed E-state index contributed by atoms with van der Waals surface area (Å²) in [4.78, 5) is 22.5. The third-order valence-corrected chi connectivity index (χ3v) is 6.64. The summed E-state index contributed by atoms with van der Waals surface area (Å²) in [6.07, 6.45) is 10.9. The fourth-order valence-electron chi connectivity index (χ4n) is 4.59. The largest absolute Gasteiger partial charge is 0.481 e. The molecule has 3 atom stereocenters. The van der Waals surface area contributed by atoms with Gasteiger partial charge in [-0.25, -0.2) is 4.79 Å². The van der Waals surface area contributed by atoms with E-state index in [1.54, 1.807) is 24.3 Å². The molecule has 2 aliphatic carbocycles. The second-order valence-electron chi connectivity index (χ2n) is 9.08. The Balaban J connectivity index is 1.60. The van der Waals surface area contributed by atoms with Gasteiger partial charge in [0, 0.05) is 33.4 Å². The molecule has 0 spiro atoms. The number of allylic oxidation sites excluding steroid dienone is 5. The summed E-state index contributed by atoms with van der Waals surface area (Å²) in [5, 5.41) is 22.1. The predicted octanol–water partition coefficient (Wildman–Crippen LogP) is 5.72. The molecule has 3 aromatic rings. The second kappa shape index (κ2) is 9.94. The van der Waals surface area contributed by atoms with E-state index in [0.717, 1.165) is 38.2 Å². The molecule has 2 unspecified atom stereocenters. The molecule has 0 radical (unpaired) electrons. The topological polar surface area (TPSA) is 74.6 Å². The van der Waals surface area contributed by atoms with Gasteiger partial charge >= 0.3 is 11.9 Å². The highest BCUT2D eigenvalue weighted by atomic mass is 16.4. The molecular weight excluding hydrogens is 460 g/mol. The molecule has 0 fully saturated rings. The van der Waals surface area contributed by atoms with Crippen molar-refractivity contribution in [3.8, 4) is 23.7 Å². The Labute approximate surface area is 215 Å². The van der Waals surface area contributed by atoms with Crippen LogP contribution in [0, 0.1) is 53.6 Å². The molecule has 4 heteroatoms. The van der Waals surface area contributed by atoms with Crippen molar-refractivity contribution in [2.45, 2.75) is 13.3 Å². The van der Waals surface area contributed by atoms with Crippen LogP contribution in [0.2, 0.25) is 0 Å². The zero-order chi connectivity index (χ0) is 25.9. The van der Waals surface area contributed by atoms with Crippen molar-refractivity contribution in [2.24, 2.45) is 17.8 Å². The lowest BCUT2D eigenvalue weighted by Crippen LogP contribution is -2.12. The minimum atomic E-state index is -0.934. The Morgan fingerprint density at radius 3 is 2.41 bits per heavy atom. The average Bonchev–Trinajstić information content (AvgIpc) is 2.91. The van der Waals surface area contributed by atoms with E-state index in [2.05, 4.69) is 35.8 Å². The molecule has 0 heterocycles. The summed E-state index contributed by atoms with van der Waals surface area (Å²) in [5.74, 6) is 10.8. The van der Waals surface area contributed by atoms with Crippen LogP contribution in [0.1, 0.15) is 24.5 Å². The summed E-state index contributed by atoms with van der Waals surface area (Å²) in [7, 11) is 0. The van der Waals surface area contributed by atoms with Crippen LogP contribution in [0.25, 0.3) is 21.5 Å². The maximum atomic E-state index is 11.3. The highest BCUT2D eigenvalue weighted by Crippen LogP contribution is 2.32. The van der Waals surface area contributed by atoms with Crippen molar-refractivity contribution in [2.75, 3.05) is 0 Å². The predicted molar refractivity (Wildman–Crippen MR) is 143 cm³/mol. The molecule has 2 N–H and O–H groups in total. The number of fused-ring (bicyclic) bond motifs is 2. The lowest BCUT2D eigenvalue weighted by molar-refractivity contribution is -0.140. The highest BCUT2D eigenvalue weighted by Gasteiger charge is 2.19. The van der Waals surface area contributed by atoms with E-state index in [1.807, 2.05) is 55.5 Å². The van der Waals surface area contributed by atoms with E-state index in [4.69, 9.17) is 0 Å². The van der Waals surface area contributed by atoms with E-state index >= 15 is 0 Å². The van der Waals surface area contributed by atoms with E-state index in [9.17, 15) is 19.8 Å². The van der Waals surface area contributed by atoms with E-state index in [0.29, 0.717) is 6.42 Å². The molecule has 0 aliphatic heterocycles. The van der Waals surface area contributed by atoms with Crippen LogP contribution < -0.4 is 0 Å². The number of hydrogen-bond donors (Lipinski definition) is 2. The Kier molecular flexibility index (Phi) is 6.38. The number of aliphatic carboxylic acids is 2. The van der Waals surface area contributed by atoms with Gasteiger partial charge in [0.05, 0.1) is 11.5 Å². The SMILES string of the molecule is C[C@@H]1C=C(C(=O)O)C=CC1C#Cc1c2ccc#cc2c(C#CC2=CCC(C(=O)O)C=C2)c2ccccc12. The molecule has 0 saturated heterocycles. The van der Waals surface area contributed by atoms with Crippen LogP contribution in [0.5, 0.6) is 0 Å². The first-order valence-electron chi connectivity index (χ1n) is 12.0.